The quantitative estimate of drug-likeness (QED) is 0.239. The lowest BCUT2D eigenvalue weighted by Gasteiger charge is -2.20. The summed E-state index contributed by atoms with van der Waals surface area (Å²) in [6.45, 7) is 6.29. The molecule has 11 nitrogen and oxygen atoms in total. The summed E-state index contributed by atoms with van der Waals surface area (Å²) < 4.78 is 72.7. The van der Waals surface area contributed by atoms with Crippen LogP contribution in [0.25, 0.3) is 5.82 Å². The van der Waals surface area contributed by atoms with Gasteiger partial charge in [0.25, 0.3) is 15.9 Å². The fourth-order valence-electron chi connectivity index (χ4n) is 5.73. The molecule has 3 aromatic heterocycles. The van der Waals surface area contributed by atoms with Gasteiger partial charge in [0.2, 0.25) is 5.88 Å². The second-order valence-electron chi connectivity index (χ2n) is 12.6. The first-order valence-electron chi connectivity index (χ1n) is 15.0. The molecule has 0 spiro atoms. The standard InChI is InChI=1S/C30H37ClF3N7O4S/c1-29(2)16-19(17-36-29)5-4-12-40(3)24-8-6-21(18-35-24)46(43,44)39-28(42)22-7-9-25(37-27(22)31)41-13-10-26(38-41)45-14-11-20-15-23(20)30(32,33)34/h6-10,13,18-20,23,36H,4-5,11-12,14-17H2,1-3H3,(H,39,42). The van der Waals surface area contributed by atoms with Crippen LogP contribution >= 0.6 is 11.6 Å². The predicted octanol–water partition coefficient (Wildman–Crippen LogP) is 5.01. The van der Waals surface area contributed by atoms with Crippen molar-refractivity contribution in [1.29, 1.82) is 0 Å². The highest BCUT2D eigenvalue weighted by Gasteiger charge is 2.55. The molecule has 1 saturated heterocycles. The fourth-order valence-corrected chi connectivity index (χ4v) is 6.88. The zero-order chi connectivity index (χ0) is 33.3. The summed E-state index contributed by atoms with van der Waals surface area (Å²) in [7, 11) is -2.36. The molecule has 5 rings (SSSR count). The molecule has 1 aliphatic heterocycles. The van der Waals surface area contributed by atoms with Gasteiger partial charge in [-0.05, 0) is 88.6 Å². The van der Waals surface area contributed by atoms with Gasteiger partial charge in [0, 0.05) is 37.6 Å². The van der Waals surface area contributed by atoms with Crippen LogP contribution in [0.3, 0.4) is 0 Å². The van der Waals surface area contributed by atoms with Gasteiger partial charge in [0.1, 0.15) is 15.9 Å². The Balaban J connectivity index is 1.12. The van der Waals surface area contributed by atoms with Crippen LogP contribution < -0.4 is 19.7 Å². The number of pyridine rings is 2. The number of hydrogen-bond donors (Lipinski definition) is 2. The number of amides is 1. The first-order valence-corrected chi connectivity index (χ1v) is 16.9. The number of rotatable bonds is 13. The fraction of sp³-hybridized carbons (Fsp3) is 0.533. The Bertz CT molecular complexity index is 1650. The van der Waals surface area contributed by atoms with Crippen molar-refractivity contribution >= 4 is 33.3 Å². The molecule has 2 aliphatic rings. The highest BCUT2D eigenvalue weighted by atomic mass is 35.5. The van der Waals surface area contributed by atoms with Gasteiger partial charge in [-0.15, -0.1) is 5.10 Å². The molecule has 46 heavy (non-hydrogen) atoms. The number of sulfonamides is 1. The van der Waals surface area contributed by atoms with Crippen LogP contribution in [0.15, 0.2) is 47.6 Å². The van der Waals surface area contributed by atoms with Crippen LogP contribution in [-0.4, -0.2) is 72.5 Å². The molecule has 4 heterocycles. The highest BCUT2D eigenvalue weighted by molar-refractivity contribution is 7.90. The van der Waals surface area contributed by atoms with Gasteiger partial charge < -0.3 is 15.0 Å². The molecule has 2 fully saturated rings. The first-order chi connectivity index (χ1) is 21.6. The Morgan fingerprint density at radius 1 is 1.22 bits per heavy atom. The molecule has 3 aromatic rings. The van der Waals surface area contributed by atoms with E-state index in [2.05, 4.69) is 34.2 Å². The summed E-state index contributed by atoms with van der Waals surface area (Å²) in [6, 6.07) is 7.22. The number of nitrogens with zero attached hydrogens (tertiary/aromatic N) is 5. The first kappa shape index (κ1) is 33.9. The smallest absolute Gasteiger partial charge is 0.392 e. The number of ether oxygens (including phenoxy) is 1. The number of hydrogen-bond acceptors (Lipinski definition) is 9. The number of halogens is 4. The number of alkyl halides is 3. The molecule has 2 N–H and O–H groups in total. The Morgan fingerprint density at radius 2 is 2.00 bits per heavy atom. The number of anilines is 1. The summed E-state index contributed by atoms with van der Waals surface area (Å²) in [5.74, 6) is -1.02. The predicted molar refractivity (Wildman–Crippen MR) is 166 cm³/mol. The van der Waals surface area contributed by atoms with Crippen LogP contribution in [0.4, 0.5) is 19.0 Å². The van der Waals surface area contributed by atoms with E-state index in [4.69, 9.17) is 16.3 Å². The van der Waals surface area contributed by atoms with Crippen LogP contribution in [0.5, 0.6) is 5.88 Å². The van der Waals surface area contributed by atoms with Gasteiger partial charge in [-0.1, -0.05) is 11.6 Å². The van der Waals surface area contributed by atoms with Gasteiger partial charge in [0.05, 0.1) is 18.1 Å². The minimum atomic E-state index is -4.26. The third-order valence-electron chi connectivity index (χ3n) is 8.38. The second kappa shape index (κ2) is 13.4. The average molecular weight is 684 g/mol. The summed E-state index contributed by atoms with van der Waals surface area (Å²) >= 11 is 6.23. The van der Waals surface area contributed by atoms with Crippen molar-refractivity contribution in [3.05, 3.63) is 53.4 Å². The number of nitrogens with one attached hydrogen (secondary N) is 2. The van der Waals surface area contributed by atoms with Gasteiger partial charge >= 0.3 is 6.18 Å². The molecule has 0 aromatic carbocycles. The summed E-state index contributed by atoms with van der Waals surface area (Å²) in [4.78, 5) is 23.1. The normalized spacial score (nSPS) is 20.8. The lowest BCUT2D eigenvalue weighted by atomic mass is 9.94. The molecule has 0 bridgehead atoms. The Hall–Kier alpha value is -3.43. The van der Waals surface area contributed by atoms with Crippen molar-refractivity contribution in [3.8, 4) is 11.7 Å². The van der Waals surface area contributed by atoms with Crippen molar-refractivity contribution in [1.82, 2.24) is 29.8 Å². The lowest BCUT2D eigenvalue weighted by molar-refractivity contribution is -0.151. The van der Waals surface area contributed by atoms with Crippen LogP contribution in [0.2, 0.25) is 5.15 Å². The van der Waals surface area contributed by atoms with E-state index < -0.39 is 33.9 Å². The minimum absolute atomic E-state index is 0.0855. The molecule has 250 valence electrons. The largest absolute Gasteiger partial charge is 0.477 e. The minimum Gasteiger partial charge on any atom is -0.477 e. The van der Waals surface area contributed by atoms with Gasteiger partial charge in [0.15, 0.2) is 5.82 Å². The maximum Gasteiger partial charge on any atom is 0.392 e. The van der Waals surface area contributed by atoms with Crippen molar-refractivity contribution in [2.75, 3.05) is 31.6 Å². The van der Waals surface area contributed by atoms with Crippen molar-refractivity contribution < 1.29 is 31.1 Å². The van der Waals surface area contributed by atoms with Crippen molar-refractivity contribution in [2.45, 2.75) is 62.6 Å². The molecule has 3 unspecified atom stereocenters. The van der Waals surface area contributed by atoms with E-state index in [1.807, 2.05) is 16.7 Å². The van der Waals surface area contributed by atoms with Crippen LogP contribution in [0.1, 0.15) is 56.3 Å². The second-order valence-corrected chi connectivity index (χ2v) is 14.6. The van der Waals surface area contributed by atoms with E-state index in [1.54, 1.807) is 6.07 Å². The molecular weight excluding hydrogens is 647 g/mol. The van der Waals surface area contributed by atoms with Crippen LogP contribution in [-0.2, 0) is 10.0 Å². The third kappa shape index (κ3) is 8.48. The highest BCUT2D eigenvalue weighted by Crippen LogP contribution is 2.51. The van der Waals surface area contributed by atoms with E-state index in [1.165, 1.54) is 41.3 Å². The van der Waals surface area contributed by atoms with Crippen molar-refractivity contribution in [2.24, 2.45) is 17.8 Å². The van der Waals surface area contributed by atoms with Crippen molar-refractivity contribution in [3.63, 3.8) is 0 Å². The molecule has 3 atom stereocenters. The molecule has 1 amide bonds. The Kier molecular flexibility index (Phi) is 9.85. The topological polar surface area (TPSA) is 131 Å². The van der Waals surface area contributed by atoms with E-state index in [0.29, 0.717) is 11.7 Å². The molecule has 0 radical (unpaired) electrons. The number of carbonyl (C=O) groups is 1. The van der Waals surface area contributed by atoms with E-state index >= 15 is 0 Å². The Labute approximate surface area is 270 Å². The lowest BCUT2D eigenvalue weighted by Crippen LogP contribution is -2.31. The summed E-state index contributed by atoms with van der Waals surface area (Å²) in [5.41, 5.74) is 0.00291. The monoisotopic (exact) mass is 683 g/mol. The zero-order valence-corrected chi connectivity index (χ0v) is 27.3. The summed E-state index contributed by atoms with van der Waals surface area (Å²) in [6.07, 6.45) is 2.13. The molecule has 1 saturated carbocycles. The third-order valence-corrected chi connectivity index (χ3v) is 9.99. The molecule has 16 heteroatoms. The molecule has 1 aliphatic carbocycles. The van der Waals surface area contributed by atoms with E-state index in [9.17, 15) is 26.4 Å². The van der Waals surface area contributed by atoms with Gasteiger partial charge in [-0.25, -0.2) is 27.8 Å². The Morgan fingerprint density at radius 3 is 2.63 bits per heavy atom. The SMILES string of the molecule is CN(CCCC1CNC(C)(C)C1)c1ccc(S(=O)(=O)NC(=O)c2ccc(-n3ccc(OCCC4CC4C(F)(F)F)n3)nc2Cl)cn1. The van der Waals surface area contributed by atoms with E-state index in [-0.39, 0.29) is 52.3 Å². The zero-order valence-electron chi connectivity index (χ0n) is 25.7. The maximum absolute atomic E-state index is 12.9. The van der Waals surface area contributed by atoms with Gasteiger partial charge in [-0.3, -0.25) is 4.79 Å². The average Bonchev–Trinajstić information content (AvgIpc) is 3.49. The number of aromatic nitrogens is 4. The van der Waals surface area contributed by atoms with Crippen LogP contribution in [0, 0.1) is 17.8 Å². The van der Waals surface area contributed by atoms with Gasteiger partial charge in [-0.2, -0.15) is 13.2 Å². The maximum atomic E-state index is 12.9. The van der Waals surface area contributed by atoms with E-state index in [0.717, 1.165) is 32.4 Å². The molecular formula is C30H37ClF3N7O4S. The summed E-state index contributed by atoms with van der Waals surface area (Å²) in [5, 5.41) is 7.45. The number of carbonyl (C=O) groups excluding carboxylic acids is 1.